The highest BCUT2D eigenvalue weighted by Gasteiger charge is 2.25. The van der Waals surface area contributed by atoms with Crippen LogP contribution in [0.3, 0.4) is 0 Å². The molecule has 4 heteroatoms. The van der Waals surface area contributed by atoms with Crippen LogP contribution in [0.15, 0.2) is 30.3 Å². The van der Waals surface area contributed by atoms with E-state index in [9.17, 15) is 0 Å². The third-order valence-electron chi connectivity index (χ3n) is 3.05. The molecule has 1 heterocycles. The maximum atomic E-state index is 9.10. The third kappa shape index (κ3) is 4.07. The van der Waals surface area contributed by atoms with Gasteiger partial charge in [-0.25, -0.2) is 0 Å². The summed E-state index contributed by atoms with van der Waals surface area (Å²) >= 11 is 0. The molecule has 4 nitrogen and oxygen atoms in total. The maximum Gasteiger partial charge on any atom is 0.147 e. The van der Waals surface area contributed by atoms with E-state index in [1.807, 2.05) is 30.3 Å². The van der Waals surface area contributed by atoms with Gasteiger partial charge in [0.15, 0.2) is 0 Å². The molecule has 0 amide bonds. The van der Waals surface area contributed by atoms with Crippen LogP contribution in [0.2, 0.25) is 0 Å². The Balaban J connectivity index is 1.85. The fourth-order valence-electron chi connectivity index (χ4n) is 2.05. The highest BCUT2D eigenvalue weighted by atomic mass is 16.7. The molecule has 1 aliphatic rings. The zero-order chi connectivity index (χ0) is 12.6. The molecule has 1 saturated heterocycles. The van der Waals surface area contributed by atoms with Crippen molar-refractivity contribution in [2.45, 2.75) is 31.7 Å². The Morgan fingerprint density at radius 2 is 2.17 bits per heavy atom. The Hall–Kier alpha value is -0.940. The van der Waals surface area contributed by atoms with Crippen molar-refractivity contribution in [3.05, 3.63) is 35.9 Å². The fourth-order valence-corrected chi connectivity index (χ4v) is 2.05. The number of aliphatic hydroxyl groups is 1. The van der Waals surface area contributed by atoms with E-state index in [-0.39, 0.29) is 18.8 Å². The SMILES string of the molecule is OCCC(OCc1ccccc1)[C@@H]1CCOCO1. The summed E-state index contributed by atoms with van der Waals surface area (Å²) in [5, 5.41) is 9.10. The number of benzene rings is 1. The normalized spacial score (nSPS) is 21.7. The molecule has 1 unspecified atom stereocenters. The summed E-state index contributed by atoms with van der Waals surface area (Å²) in [5.41, 5.74) is 1.13. The lowest BCUT2D eigenvalue weighted by atomic mass is 10.1. The molecule has 0 aliphatic carbocycles. The van der Waals surface area contributed by atoms with Gasteiger partial charge in [0.25, 0.3) is 0 Å². The first kappa shape index (κ1) is 13.5. The molecule has 2 rings (SSSR count). The summed E-state index contributed by atoms with van der Waals surface area (Å²) in [6, 6.07) is 10.0. The lowest BCUT2D eigenvalue weighted by Crippen LogP contribution is -2.37. The number of hydrogen-bond donors (Lipinski definition) is 1. The van der Waals surface area contributed by atoms with Crippen molar-refractivity contribution in [2.75, 3.05) is 20.0 Å². The molecule has 18 heavy (non-hydrogen) atoms. The Morgan fingerprint density at radius 3 is 2.83 bits per heavy atom. The molecule has 0 saturated carbocycles. The van der Waals surface area contributed by atoms with Gasteiger partial charge in [0, 0.05) is 6.61 Å². The number of ether oxygens (including phenoxy) is 3. The summed E-state index contributed by atoms with van der Waals surface area (Å²) in [6.07, 6.45) is 1.37. The molecule has 0 radical (unpaired) electrons. The van der Waals surface area contributed by atoms with Crippen LogP contribution < -0.4 is 0 Å². The van der Waals surface area contributed by atoms with E-state index >= 15 is 0 Å². The van der Waals surface area contributed by atoms with Crippen LogP contribution >= 0.6 is 0 Å². The smallest absolute Gasteiger partial charge is 0.147 e. The van der Waals surface area contributed by atoms with Crippen molar-refractivity contribution in [1.82, 2.24) is 0 Å². The summed E-state index contributed by atoms with van der Waals surface area (Å²) in [7, 11) is 0. The number of rotatable bonds is 6. The first-order chi connectivity index (χ1) is 8.90. The minimum Gasteiger partial charge on any atom is -0.396 e. The van der Waals surface area contributed by atoms with Crippen molar-refractivity contribution < 1.29 is 19.3 Å². The van der Waals surface area contributed by atoms with Crippen LogP contribution in [0.1, 0.15) is 18.4 Å². The standard InChI is InChI=1S/C14H20O4/c15-8-6-13(14-7-9-16-11-18-14)17-10-12-4-2-1-3-5-12/h1-5,13-15H,6-11H2/t13?,14-/m0/s1. The van der Waals surface area contributed by atoms with E-state index in [0.717, 1.165) is 12.0 Å². The second-order valence-electron chi connectivity index (χ2n) is 4.37. The van der Waals surface area contributed by atoms with Gasteiger partial charge in [-0.1, -0.05) is 30.3 Å². The molecule has 0 aromatic heterocycles. The predicted octanol–water partition coefficient (Wildman–Crippen LogP) is 1.72. The van der Waals surface area contributed by atoms with E-state index in [2.05, 4.69) is 0 Å². The fraction of sp³-hybridized carbons (Fsp3) is 0.571. The third-order valence-corrected chi connectivity index (χ3v) is 3.05. The molecule has 1 N–H and O–H groups in total. The lowest BCUT2D eigenvalue weighted by Gasteiger charge is -2.30. The molecule has 100 valence electrons. The van der Waals surface area contributed by atoms with Crippen LogP contribution in [0.5, 0.6) is 0 Å². The summed E-state index contributed by atoms with van der Waals surface area (Å²) in [5.74, 6) is 0. The number of aliphatic hydroxyl groups excluding tert-OH is 1. The second kappa shape index (κ2) is 7.48. The van der Waals surface area contributed by atoms with Gasteiger partial charge in [0.2, 0.25) is 0 Å². The van der Waals surface area contributed by atoms with Gasteiger partial charge in [0.05, 0.1) is 25.4 Å². The molecule has 1 aliphatic heterocycles. The zero-order valence-electron chi connectivity index (χ0n) is 10.5. The number of hydrogen-bond acceptors (Lipinski definition) is 4. The van der Waals surface area contributed by atoms with Gasteiger partial charge in [-0.3, -0.25) is 0 Å². The molecule has 0 bridgehead atoms. The summed E-state index contributed by atoms with van der Waals surface area (Å²) in [4.78, 5) is 0. The van der Waals surface area contributed by atoms with Crippen LogP contribution in [0.4, 0.5) is 0 Å². The quantitative estimate of drug-likeness (QED) is 0.837. The van der Waals surface area contributed by atoms with Gasteiger partial charge < -0.3 is 19.3 Å². The highest BCUT2D eigenvalue weighted by Crippen LogP contribution is 2.17. The molecular formula is C14H20O4. The van der Waals surface area contributed by atoms with Crippen molar-refractivity contribution in [3.8, 4) is 0 Å². The topological polar surface area (TPSA) is 47.9 Å². The van der Waals surface area contributed by atoms with Crippen molar-refractivity contribution >= 4 is 0 Å². The second-order valence-corrected chi connectivity index (χ2v) is 4.37. The summed E-state index contributed by atoms with van der Waals surface area (Å²) < 4.78 is 16.5. The van der Waals surface area contributed by atoms with E-state index in [1.165, 1.54) is 0 Å². The predicted molar refractivity (Wildman–Crippen MR) is 67.0 cm³/mol. The van der Waals surface area contributed by atoms with Gasteiger partial charge in [-0.15, -0.1) is 0 Å². The Kier molecular flexibility index (Phi) is 5.61. The van der Waals surface area contributed by atoms with Crippen molar-refractivity contribution in [1.29, 1.82) is 0 Å². The molecule has 1 fully saturated rings. The van der Waals surface area contributed by atoms with Crippen LogP contribution in [0.25, 0.3) is 0 Å². The Morgan fingerprint density at radius 1 is 1.33 bits per heavy atom. The zero-order valence-corrected chi connectivity index (χ0v) is 10.5. The summed E-state index contributed by atoms with van der Waals surface area (Å²) in [6.45, 7) is 1.68. The van der Waals surface area contributed by atoms with Gasteiger partial charge in [0.1, 0.15) is 6.79 Å². The molecule has 1 aromatic rings. The minimum absolute atomic E-state index is 0.0228. The first-order valence-corrected chi connectivity index (χ1v) is 6.36. The average Bonchev–Trinajstić information content (AvgIpc) is 2.45. The molecule has 0 spiro atoms. The average molecular weight is 252 g/mol. The Bertz CT molecular complexity index is 322. The van der Waals surface area contributed by atoms with E-state index < -0.39 is 0 Å². The molecule has 2 atom stereocenters. The van der Waals surface area contributed by atoms with Gasteiger partial charge in [-0.2, -0.15) is 0 Å². The van der Waals surface area contributed by atoms with Crippen molar-refractivity contribution in [2.24, 2.45) is 0 Å². The van der Waals surface area contributed by atoms with E-state index in [1.54, 1.807) is 0 Å². The van der Waals surface area contributed by atoms with Crippen LogP contribution in [0, 0.1) is 0 Å². The lowest BCUT2D eigenvalue weighted by molar-refractivity contribution is -0.184. The monoisotopic (exact) mass is 252 g/mol. The van der Waals surface area contributed by atoms with Crippen LogP contribution in [-0.2, 0) is 20.8 Å². The van der Waals surface area contributed by atoms with Gasteiger partial charge in [-0.05, 0) is 18.4 Å². The Labute approximate surface area is 107 Å². The minimum atomic E-state index is -0.0703. The largest absolute Gasteiger partial charge is 0.396 e. The maximum absolute atomic E-state index is 9.10. The van der Waals surface area contributed by atoms with E-state index in [0.29, 0.717) is 26.4 Å². The van der Waals surface area contributed by atoms with E-state index in [4.69, 9.17) is 19.3 Å². The van der Waals surface area contributed by atoms with Crippen molar-refractivity contribution in [3.63, 3.8) is 0 Å². The van der Waals surface area contributed by atoms with Gasteiger partial charge >= 0.3 is 0 Å². The highest BCUT2D eigenvalue weighted by molar-refractivity contribution is 5.13. The molecule has 1 aromatic carbocycles. The van der Waals surface area contributed by atoms with Crippen LogP contribution in [-0.4, -0.2) is 37.3 Å². The first-order valence-electron chi connectivity index (χ1n) is 6.36. The molecular weight excluding hydrogens is 232 g/mol.